The number of nitrogens with one attached hydrogen (secondary N) is 1. The third-order valence-corrected chi connectivity index (χ3v) is 5.50. The van der Waals surface area contributed by atoms with E-state index in [1.807, 2.05) is 71.0 Å². The van der Waals surface area contributed by atoms with Gasteiger partial charge in [-0.3, -0.25) is 14.5 Å². The number of hydrogen-bond acceptors (Lipinski definition) is 5. The number of benzene rings is 2. The van der Waals surface area contributed by atoms with E-state index >= 15 is 0 Å². The Labute approximate surface area is 193 Å². The van der Waals surface area contributed by atoms with Gasteiger partial charge in [0.15, 0.2) is 5.17 Å². The average molecular weight is 452 g/mol. The van der Waals surface area contributed by atoms with Crippen LogP contribution in [0.2, 0.25) is 0 Å². The lowest BCUT2D eigenvalue weighted by Crippen LogP contribution is -2.42. The molecule has 1 aliphatic heterocycles. The molecule has 1 N–H and O–H groups in total. The van der Waals surface area contributed by atoms with Gasteiger partial charge in [0.25, 0.3) is 5.91 Å². The Bertz CT molecular complexity index is 1060. The van der Waals surface area contributed by atoms with Crippen LogP contribution in [-0.4, -0.2) is 35.4 Å². The van der Waals surface area contributed by atoms with Crippen molar-refractivity contribution >= 4 is 40.5 Å². The zero-order valence-electron chi connectivity index (χ0n) is 19.4. The van der Waals surface area contributed by atoms with Crippen molar-refractivity contribution < 1.29 is 14.3 Å². The first-order chi connectivity index (χ1) is 15.1. The topological polar surface area (TPSA) is 71.0 Å². The van der Waals surface area contributed by atoms with Crippen molar-refractivity contribution in [2.24, 2.45) is 4.99 Å². The summed E-state index contributed by atoms with van der Waals surface area (Å²) in [6, 6.07) is 13.4. The zero-order chi connectivity index (χ0) is 23.5. The lowest BCUT2D eigenvalue weighted by atomic mass is 10.1. The molecule has 0 saturated heterocycles. The van der Waals surface area contributed by atoms with E-state index in [2.05, 4.69) is 16.4 Å². The van der Waals surface area contributed by atoms with Gasteiger partial charge < -0.3 is 10.1 Å². The molecule has 0 unspecified atom stereocenters. The van der Waals surface area contributed by atoms with Crippen molar-refractivity contribution in [2.45, 2.75) is 40.2 Å². The highest BCUT2D eigenvalue weighted by molar-refractivity contribution is 8.14. The van der Waals surface area contributed by atoms with Crippen LogP contribution < -0.4 is 15.0 Å². The van der Waals surface area contributed by atoms with E-state index in [1.54, 1.807) is 18.1 Å². The summed E-state index contributed by atoms with van der Waals surface area (Å²) in [6.45, 7) is 9.79. The van der Waals surface area contributed by atoms with Gasteiger partial charge in [0, 0.05) is 5.54 Å². The van der Waals surface area contributed by atoms with E-state index in [0.29, 0.717) is 10.9 Å². The number of thioether (sulfide) groups is 1. The Hall–Kier alpha value is -3.06. The number of aliphatic imine (C=N–C) groups is 1. The van der Waals surface area contributed by atoms with E-state index in [-0.39, 0.29) is 23.1 Å². The zero-order valence-corrected chi connectivity index (χ0v) is 20.2. The van der Waals surface area contributed by atoms with Gasteiger partial charge in [-0.25, -0.2) is 4.99 Å². The molecule has 2 amide bonds. The number of methoxy groups -OCH3 is 1. The molecule has 0 saturated carbocycles. The van der Waals surface area contributed by atoms with Gasteiger partial charge in [0.1, 0.15) is 11.4 Å². The third-order valence-electron chi connectivity index (χ3n) is 4.56. The Morgan fingerprint density at radius 2 is 1.75 bits per heavy atom. The van der Waals surface area contributed by atoms with E-state index in [1.165, 1.54) is 11.8 Å². The molecular formula is C25H29N3O3S. The van der Waals surface area contributed by atoms with Gasteiger partial charge in [-0.15, -0.1) is 0 Å². The number of ether oxygens (including phenoxy) is 1. The number of hydrogen-bond donors (Lipinski definition) is 1. The van der Waals surface area contributed by atoms with Crippen LogP contribution in [0.15, 0.2) is 53.2 Å². The second-order valence-corrected chi connectivity index (χ2v) is 9.71. The Morgan fingerprint density at radius 3 is 2.31 bits per heavy atom. The van der Waals surface area contributed by atoms with Crippen LogP contribution in [0.4, 0.5) is 5.69 Å². The van der Waals surface area contributed by atoms with E-state index in [9.17, 15) is 9.59 Å². The van der Waals surface area contributed by atoms with Crippen LogP contribution in [0.3, 0.4) is 0 Å². The first kappa shape index (κ1) is 23.6. The van der Waals surface area contributed by atoms with Crippen molar-refractivity contribution in [2.75, 3.05) is 17.8 Å². The summed E-state index contributed by atoms with van der Waals surface area (Å²) >= 11 is 1.25. The summed E-state index contributed by atoms with van der Waals surface area (Å²) in [4.78, 5) is 31.9. The molecule has 0 aliphatic carbocycles. The van der Waals surface area contributed by atoms with Crippen LogP contribution in [0.5, 0.6) is 5.75 Å². The van der Waals surface area contributed by atoms with Gasteiger partial charge in [-0.2, -0.15) is 0 Å². The molecule has 7 heteroatoms. The normalized spacial score (nSPS) is 15.2. The van der Waals surface area contributed by atoms with E-state index in [4.69, 9.17) is 4.74 Å². The lowest BCUT2D eigenvalue weighted by Gasteiger charge is -2.21. The summed E-state index contributed by atoms with van der Waals surface area (Å²) in [5.74, 6) is 0.585. The fourth-order valence-corrected chi connectivity index (χ4v) is 4.16. The average Bonchev–Trinajstić information content (AvgIpc) is 3.00. The second-order valence-electron chi connectivity index (χ2n) is 8.77. The molecule has 0 atom stereocenters. The first-order valence-corrected chi connectivity index (χ1v) is 11.4. The Balaban J connectivity index is 1.92. The third kappa shape index (κ3) is 6.01. The van der Waals surface area contributed by atoms with Gasteiger partial charge in [0.05, 0.1) is 18.6 Å². The quantitative estimate of drug-likeness (QED) is 0.669. The van der Waals surface area contributed by atoms with Crippen molar-refractivity contribution in [3.8, 4) is 5.75 Å². The molecule has 0 bridgehead atoms. The molecule has 1 heterocycles. The molecule has 32 heavy (non-hydrogen) atoms. The molecule has 0 aromatic heterocycles. The molecule has 3 rings (SSSR count). The largest absolute Gasteiger partial charge is 0.497 e. The summed E-state index contributed by atoms with van der Waals surface area (Å²) in [5.41, 5.74) is 3.69. The fourth-order valence-electron chi connectivity index (χ4n) is 3.34. The lowest BCUT2D eigenvalue weighted by molar-refractivity contribution is -0.120. The monoisotopic (exact) mass is 451 g/mol. The van der Waals surface area contributed by atoms with Crippen molar-refractivity contribution in [1.29, 1.82) is 0 Å². The highest BCUT2D eigenvalue weighted by Crippen LogP contribution is 2.31. The maximum Gasteiger partial charge on any atom is 0.283 e. The Kier molecular flexibility index (Phi) is 7.09. The summed E-state index contributed by atoms with van der Waals surface area (Å²) in [5, 5.41) is 3.43. The summed E-state index contributed by atoms with van der Waals surface area (Å²) in [6.07, 6.45) is 1.75. The van der Waals surface area contributed by atoms with Crippen LogP contribution in [-0.2, 0) is 9.59 Å². The number of amidine groups is 1. The predicted octanol–water partition coefficient (Wildman–Crippen LogP) is 4.70. The standard InChI is InChI=1S/C25H29N3O3S/c1-16-11-17(2)13-19(12-16)28-23(30)21(14-18-7-9-20(31-6)10-8-18)26-24(28)32-15-22(29)27-25(3,4)5/h7-14H,15H2,1-6H3,(H,27,29). The maximum absolute atomic E-state index is 13.3. The molecule has 2 aromatic rings. The smallest absolute Gasteiger partial charge is 0.283 e. The second kappa shape index (κ2) is 9.61. The molecule has 6 nitrogen and oxygen atoms in total. The number of nitrogens with zero attached hydrogens (tertiary/aromatic N) is 2. The van der Waals surface area contributed by atoms with E-state index < -0.39 is 0 Å². The van der Waals surface area contributed by atoms with Crippen molar-refractivity contribution in [3.63, 3.8) is 0 Å². The molecule has 2 aromatic carbocycles. The van der Waals surface area contributed by atoms with Gasteiger partial charge in [0.2, 0.25) is 5.91 Å². The van der Waals surface area contributed by atoms with Crippen molar-refractivity contribution in [3.05, 3.63) is 64.9 Å². The molecule has 1 aliphatic rings. The number of aryl methyl sites for hydroxylation is 2. The summed E-state index contributed by atoms with van der Waals surface area (Å²) in [7, 11) is 1.61. The number of carbonyl (C=O) groups is 2. The number of rotatable bonds is 5. The van der Waals surface area contributed by atoms with E-state index in [0.717, 1.165) is 28.1 Å². The van der Waals surface area contributed by atoms with Crippen molar-refractivity contribution in [1.82, 2.24) is 5.32 Å². The molecular weight excluding hydrogens is 422 g/mol. The van der Waals surface area contributed by atoms with Crippen LogP contribution in [0.25, 0.3) is 6.08 Å². The highest BCUT2D eigenvalue weighted by atomic mass is 32.2. The number of anilines is 1. The summed E-state index contributed by atoms with van der Waals surface area (Å²) < 4.78 is 5.20. The minimum atomic E-state index is -0.322. The Morgan fingerprint density at radius 1 is 1.12 bits per heavy atom. The van der Waals surface area contributed by atoms with Gasteiger partial charge in [-0.05, 0) is 81.7 Å². The van der Waals surface area contributed by atoms with Gasteiger partial charge >= 0.3 is 0 Å². The van der Waals surface area contributed by atoms with Crippen LogP contribution in [0, 0.1) is 13.8 Å². The number of carbonyl (C=O) groups excluding carboxylic acids is 2. The molecule has 0 spiro atoms. The molecule has 0 fully saturated rings. The first-order valence-electron chi connectivity index (χ1n) is 10.4. The molecule has 168 valence electrons. The maximum atomic E-state index is 13.3. The minimum Gasteiger partial charge on any atom is -0.497 e. The van der Waals surface area contributed by atoms with Crippen LogP contribution in [0.1, 0.15) is 37.5 Å². The minimum absolute atomic E-state index is 0.106. The SMILES string of the molecule is COc1ccc(C=C2N=C(SCC(=O)NC(C)(C)C)N(c3cc(C)cc(C)c3)C2=O)cc1. The predicted molar refractivity (Wildman–Crippen MR) is 132 cm³/mol. The molecule has 0 radical (unpaired) electrons. The highest BCUT2D eigenvalue weighted by Gasteiger charge is 2.32. The fraction of sp³-hybridized carbons (Fsp3) is 0.320. The van der Waals surface area contributed by atoms with Gasteiger partial charge in [-0.1, -0.05) is 30.0 Å². The number of amides is 2. The van der Waals surface area contributed by atoms with Crippen LogP contribution >= 0.6 is 11.8 Å².